The minimum Gasteiger partial charge on any atom is -0.491 e. The second kappa shape index (κ2) is 11.6. The first-order valence-corrected chi connectivity index (χ1v) is 16.7. The number of aliphatic hydroxyl groups is 1. The summed E-state index contributed by atoms with van der Waals surface area (Å²) in [5, 5.41) is 11.4. The molecule has 1 heterocycles. The summed E-state index contributed by atoms with van der Waals surface area (Å²) in [6, 6.07) is 38.4. The van der Waals surface area contributed by atoms with Gasteiger partial charge in [-0.3, -0.25) is 0 Å². The van der Waals surface area contributed by atoms with Gasteiger partial charge in [0.05, 0.1) is 6.61 Å². The molecule has 244 valence electrons. The number of nitrogens with zero attached hydrogens (tertiary/aromatic N) is 1. The van der Waals surface area contributed by atoms with Crippen LogP contribution in [-0.4, -0.2) is 32.4 Å². The van der Waals surface area contributed by atoms with E-state index in [1.807, 2.05) is 24.3 Å². The molecular formula is C44H38FNO3. The van der Waals surface area contributed by atoms with Crippen LogP contribution >= 0.6 is 0 Å². The van der Waals surface area contributed by atoms with Gasteiger partial charge < -0.3 is 19.5 Å². The van der Waals surface area contributed by atoms with E-state index in [0.717, 1.165) is 33.2 Å². The van der Waals surface area contributed by atoms with E-state index in [9.17, 15) is 9.50 Å². The second-order valence-electron chi connectivity index (χ2n) is 13.6. The monoisotopic (exact) mass is 647 g/mol. The van der Waals surface area contributed by atoms with Gasteiger partial charge in [-0.05, 0) is 87.3 Å². The Labute approximate surface area is 286 Å². The molecule has 0 saturated heterocycles. The van der Waals surface area contributed by atoms with E-state index in [1.165, 1.54) is 51.2 Å². The summed E-state index contributed by atoms with van der Waals surface area (Å²) < 4.78 is 27.2. The molecule has 6 aromatic carbocycles. The van der Waals surface area contributed by atoms with Gasteiger partial charge in [-0.1, -0.05) is 92.7 Å². The number of rotatable bonds is 7. The van der Waals surface area contributed by atoms with Gasteiger partial charge in [0, 0.05) is 47.3 Å². The maximum Gasteiger partial charge on any atom is 0.178 e. The first-order valence-electron chi connectivity index (χ1n) is 16.7. The fourth-order valence-electron chi connectivity index (χ4n) is 7.70. The highest BCUT2D eigenvalue weighted by molar-refractivity contribution is 6.08. The van der Waals surface area contributed by atoms with Crippen LogP contribution in [0.1, 0.15) is 41.7 Å². The fraction of sp³-hybridized carbons (Fsp3) is 0.182. The minimum atomic E-state index is -1.02. The van der Waals surface area contributed by atoms with Crippen molar-refractivity contribution in [3.05, 3.63) is 155 Å². The van der Waals surface area contributed by atoms with Crippen molar-refractivity contribution in [2.75, 3.05) is 32.2 Å². The molecule has 0 spiro atoms. The standard InChI is InChI=1S/C44H38FNO3/c1-43(2)39-27-29(28-9-18-33(19-10-28)46(3)4)11-22-37(39)40-35-7-5-6-8-36(35)42-38(41(40)43)23-24-44(49-42,30-12-16-32(45)17-13-30)31-14-20-34(21-15-31)48-26-25-47/h5-24,27,47H,25-26H2,1-4H3. The van der Waals surface area contributed by atoms with Gasteiger partial charge in [-0.25, -0.2) is 4.39 Å². The third kappa shape index (κ3) is 4.91. The molecule has 1 aliphatic carbocycles. The summed E-state index contributed by atoms with van der Waals surface area (Å²) in [5.74, 6) is 1.16. The molecule has 0 aromatic heterocycles. The van der Waals surface area contributed by atoms with E-state index in [0.29, 0.717) is 5.75 Å². The topological polar surface area (TPSA) is 41.9 Å². The van der Waals surface area contributed by atoms with Gasteiger partial charge in [0.1, 0.15) is 23.9 Å². The second-order valence-corrected chi connectivity index (χ2v) is 13.6. The van der Waals surface area contributed by atoms with Crippen LogP contribution in [0.25, 0.3) is 39.1 Å². The van der Waals surface area contributed by atoms with Crippen LogP contribution in [0.5, 0.6) is 11.5 Å². The van der Waals surface area contributed by atoms with Crippen molar-refractivity contribution in [3.63, 3.8) is 0 Å². The fourth-order valence-corrected chi connectivity index (χ4v) is 7.70. The Hall–Kier alpha value is -5.39. The van der Waals surface area contributed by atoms with Gasteiger partial charge in [-0.2, -0.15) is 0 Å². The molecule has 0 saturated carbocycles. The van der Waals surface area contributed by atoms with Crippen molar-refractivity contribution in [2.45, 2.75) is 24.9 Å². The van der Waals surface area contributed by atoms with Gasteiger partial charge >= 0.3 is 0 Å². The van der Waals surface area contributed by atoms with Crippen LogP contribution in [0.2, 0.25) is 0 Å². The van der Waals surface area contributed by atoms with Gasteiger partial charge in [0.2, 0.25) is 0 Å². The Kier molecular flexibility index (Phi) is 7.34. The van der Waals surface area contributed by atoms with E-state index < -0.39 is 5.60 Å². The number of benzene rings is 6. The Bertz CT molecular complexity index is 2240. The first kappa shape index (κ1) is 30.9. The Morgan fingerprint density at radius 1 is 0.776 bits per heavy atom. The highest BCUT2D eigenvalue weighted by Gasteiger charge is 2.44. The molecule has 5 heteroatoms. The number of fused-ring (bicyclic) bond motifs is 8. The van der Waals surface area contributed by atoms with E-state index in [4.69, 9.17) is 9.47 Å². The number of hydrogen-bond donors (Lipinski definition) is 1. The molecule has 0 amide bonds. The molecule has 2 aliphatic rings. The normalized spacial score (nSPS) is 16.9. The zero-order valence-electron chi connectivity index (χ0n) is 28.1. The lowest BCUT2D eigenvalue weighted by Gasteiger charge is -2.38. The van der Waals surface area contributed by atoms with E-state index in [-0.39, 0.29) is 24.4 Å². The van der Waals surface area contributed by atoms with Crippen molar-refractivity contribution in [3.8, 4) is 33.8 Å². The molecule has 1 atom stereocenters. The Morgan fingerprint density at radius 3 is 2.10 bits per heavy atom. The largest absolute Gasteiger partial charge is 0.491 e. The van der Waals surface area contributed by atoms with Crippen LogP contribution in [0.4, 0.5) is 10.1 Å². The summed E-state index contributed by atoms with van der Waals surface area (Å²) in [7, 11) is 4.12. The molecule has 0 bridgehead atoms. The molecule has 49 heavy (non-hydrogen) atoms. The van der Waals surface area contributed by atoms with Gasteiger partial charge in [0.15, 0.2) is 5.60 Å². The molecule has 8 rings (SSSR count). The van der Waals surface area contributed by atoms with Crippen LogP contribution < -0.4 is 14.4 Å². The number of halogens is 1. The molecule has 6 aromatic rings. The van der Waals surface area contributed by atoms with Crippen molar-refractivity contribution < 1.29 is 19.0 Å². The molecule has 1 N–H and O–H groups in total. The number of aliphatic hydroxyl groups excluding tert-OH is 1. The minimum absolute atomic E-state index is 0.0628. The lowest BCUT2D eigenvalue weighted by molar-refractivity contribution is 0.163. The van der Waals surface area contributed by atoms with Crippen molar-refractivity contribution in [1.82, 2.24) is 0 Å². The van der Waals surface area contributed by atoms with Crippen LogP contribution in [0, 0.1) is 5.82 Å². The predicted octanol–water partition coefficient (Wildman–Crippen LogP) is 9.74. The quantitative estimate of drug-likeness (QED) is 0.187. The van der Waals surface area contributed by atoms with Crippen LogP contribution in [0.15, 0.2) is 121 Å². The summed E-state index contributed by atoms with van der Waals surface area (Å²) >= 11 is 0. The van der Waals surface area contributed by atoms with Gasteiger partial charge in [-0.15, -0.1) is 0 Å². The maximum atomic E-state index is 14.3. The van der Waals surface area contributed by atoms with E-state index >= 15 is 0 Å². The van der Waals surface area contributed by atoms with E-state index in [2.05, 4.69) is 112 Å². The van der Waals surface area contributed by atoms with Gasteiger partial charge in [0.25, 0.3) is 0 Å². The molecule has 0 fully saturated rings. The van der Waals surface area contributed by atoms with Crippen LogP contribution in [-0.2, 0) is 11.0 Å². The highest BCUT2D eigenvalue weighted by Crippen LogP contribution is 2.58. The molecular weight excluding hydrogens is 609 g/mol. The number of hydrogen-bond acceptors (Lipinski definition) is 4. The summed E-state index contributed by atoms with van der Waals surface area (Å²) in [6.07, 6.45) is 4.32. The van der Waals surface area contributed by atoms with Crippen molar-refractivity contribution in [1.29, 1.82) is 0 Å². The van der Waals surface area contributed by atoms with Crippen molar-refractivity contribution in [2.24, 2.45) is 0 Å². The zero-order valence-corrected chi connectivity index (χ0v) is 28.1. The molecule has 1 unspecified atom stereocenters. The predicted molar refractivity (Wildman–Crippen MR) is 197 cm³/mol. The lowest BCUT2D eigenvalue weighted by atomic mass is 9.76. The molecule has 1 aliphatic heterocycles. The number of anilines is 1. The van der Waals surface area contributed by atoms with Crippen molar-refractivity contribution >= 4 is 22.5 Å². The third-order valence-corrected chi connectivity index (χ3v) is 10.2. The first-order chi connectivity index (χ1) is 23.7. The number of ether oxygens (including phenoxy) is 2. The Balaban J connectivity index is 1.31. The average Bonchev–Trinajstić information content (AvgIpc) is 3.37. The summed E-state index contributed by atoms with van der Waals surface area (Å²) in [5.41, 5.74) is 10.0. The zero-order chi connectivity index (χ0) is 33.9. The molecule has 4 nitrogen and oxygen atoms in total. The SMILES string of the molecule is CN(C)c1ccc(-c2ccc3c(c2)C(C)(C)c2c4c(c5ccccc5c2-3)OC(c2ccc(F)cc2)(c2ccc(OCCO)cc2)C=C4)cc1. The third-order valence-electron chi connectivity index (χ3n) is 10.2. The smallest absolute Gasteiger partial charge is 0.178 e. The van der Waals surface area contributed by atoms with E-state index in [1.54, 1.807) is 12.1 Å². The molecule has 0 radical (unpaired) electrons. The lowest BCUT2D eigenvalue weighted by Crippen LogP contribution is -2.35. The Morgan fingerprint density at radius 2 is 1.43 bits per heavy atom. The maximum absolute atomic E-state index is 14.3. The van der Waals surface area contributed by atoms with Crippen LogP contribution in [0.3, 0.4) is 0 Å². The average molecular weight is 648 g/mol. The summed E-state index contributed by atoms with van der Waals surface area (Å²) in [4.78, 5) is 2.11. The summed E-state index contributed by atoms with van der Waals surface area (Å²) in [6.45, 7) is 4.78. The highest BCUT2D eigenvalue weighted by atomic mass is 19.1.